The normalized spacial score (nSPS) is 13.4. The predicted molar refractivity (Wildman–Crippen MR) is 70.0 cm³/mol. The number of nitrogens with zero attached hydrogens (tertiary/aromatic N) is 3. The van der Waals surface area contributed by atoms with Gasteiger partial charge in [0.25, 0.3) is 0 Å². The van der Waals surface area contributed by atoms with Gasteiger partial charge in [-0.15, -0.1) is 0 Å². The van der Waals surface area contributed by atoms with Crippen molar-refractivity contribution in [2.45, 2.75) is 12.8 Å². The number of benzene rings is 1. The maximum absolute atomic E-state index is 11.1. The highest BCUT2D eigenvalue weighted by Crippen LogP contribution is 2.31. The van der Waals surface area contributed by atoms with Gasteiger partial charge in [0, 0.05) is 12.2 Å². The SMILES string of the molecule is N#Cc1ccc(N(CC(N)=O)CC2CC2)cc1C#N. The summed E-state index contributed by atoms with van der Waals surface area (Å²) in [4.78, 5) is 13.0. The van der Waals surface area contributed by atoms with Crippen molar-refractivity contribution in [2.24, 2.45) is 11.7 Å². The third-order valence-electron chi connectivity index (χ3n) is 3.13. The van der Waals surface area contributed by atoms with Gasteiger partial charge in [-0.25, -0.2) is 0 Å². The molecule has 2 rings (SSSR count). The first-order valence-electron chi connectivity index (χ1n) is 6.11. The van der Waals surface area contributed by atoms with E-state index in [1.54, 1.807) is 18.2 Å². The van der Waals surface area contributed by atoms with Gasteiger partial charge in [0.2, 0.25) is 5.91 Å². The molecule has 19 heavy (non-hydrogen) atoms. The summed E-state index contributed by atoms with van der Waals surface area (Å²) in [5.74, 6) is 0.198. The molecule has 1 fully saturated rings. The average Bonchev–Trinajstić information content (AvgIpc) is 3.20. The van der Waals surface area contributed by atoms with Gasteiger partial charge in [0.15, 0.2) is 0 Å². The maximum Gasteiger partial charge on any atom is 0.236 e. The second-order valence-corrected chi connectivity index (χ2v) is 4.74. The van der Waals surface area contributed by atoms with E-state index in [0.717, 1.165) is 25.1 Å². The van der Waals surface area contributed by atoms with E-state index in [4.69, 9.17) is 16.3 Å². The van der Waals surface area contributed by atoms with E-state index >= 15 is 0 Å². The molecule has 2 N–H and O–H groups in total. The lowest BCUT2D eigenvalue weighted by molar-refractivity contribution is -0.116. The number of nitriles is 2. The molecule has 5 nitrogen and oxygen atoms in total. The number of nitrogens with two attached hydrogens (primary N) is 1. The number of hydrogen-bond donors (Lipinski definition) is 1. The minimum absolute atomic E-state index is 0.132. The molecule has 1 aromatic carbocycles. The van der Waals surface area contributed by atoms with Crippen LogP contribution in [0.3, 0.4) is 0 Å². The molecule has 0 aliphatic heterocycles. The van der Waals surface area contributed by atoms with Gasteiger partial charge >= 0.3 is 0 Å². The largest absolute Gasteiger partial charge is 0.368 e. The van der Waals surface area contributed by atoms with Crippen molar-refractivity contribution in [2.75, 3.05) is 18.0 Å². The Kier molecular flexibility index (Phi) is 3.68. The maximum atomic E-state index is 11.1. The molecule has 1 aliphatic carbocycles. The van der Waals surface area contributed by atoms with Crippen LogP contribution in [0.2, 0.25) is 0 Å². The van der Waals surface area contributed by atoms with Crippen LogP contribution in [0.1, 0.15) is 24.0 Å². The number of carbonyl (C=O) groups excluding carboxylic acids is 1. The molecule has 1 amide bonds. The monoisotopic (exact) mass is 254 g/mol. The summed E-state index contributed by atoms with van der Waals surface area (Å²) in [6, 6.07) is 8.98. The quantitative estimate of drug-likeness (QED) is 0.852. The van der Waals surface area contributed by atoms with Crippen LogP contribution in [-0.2, 0) is 4.79 Å². The third-order valence-corrected chi connectivity index (χ3v) is 3.13. The zero-order valence-corrected chi connectivity index (χ0v) is 10.5. The molecule has 0 bridgehead atoms. The highest BCUT2D eigenvalue weighted by molar-refractivity contribution is 5.79. The number of amides is 1. The van der Waals surface area contributed by atoms with Crippen LogP contribution in [0.15, 0.2) is 18.2 Å². The van der Waals surface area contributed by atoms with Crippen molar-refractivity contribution in [3.63, 3.8) is 0 Å². The topological polar surface area (TPSA) is 93.9 Å². The van der Waals surface area contributed by atoms with Crippen molar-refractivity contribution >= 4 is 11.6 Å². The van der Waals surface area contributed by atoms with E-state index in [1.807, 2.05) is 17.0 Å². The van der Waals surface area contributed by atoms with Gasteiger partial charge in [-0.05, 0) is 37.0 Å². The average molecular weight is 254 g/mol. The Hall–Kier alpha value is -2.53. The summed E-state index contributed by atoms with van der Waals surface area (Å²) < 4.78 is 0. The molecule has 1 aromatic rings. The fraction of sp³-hybridized carbons (Fsp3) is 0.357. The zero-order chi connectivity index (χ0) is 13.8. The molecule has 0 unspecified atom stereocenters. The van der Waals surface area contributed by atoms with E-state index in [9.17, 15) is 4.79 Å². The van der Waals surface area contributed by atoms with Gasteiger partial charge in [0.05, 0.1) is 17.7 Å². The van der Waals surface area contributed by atoms with E-state index < -0.39 is 5.91 Å². The summed E-state index contributed by atoms with van der Waals surface area (Å²) in [7, 11) is 0. The molecule has 0 atom stereocenters. The Morgan fingerprint density at radius 1 is 1.32 bits per heavy atom. The number of anilines is 1. The van der Waals surface area contributed by atoms with Crippen molar-refractivity contribution in [3.05, 3.63) is 29.3 Å². The van der Waals surface area contributed by atoms with Crippen molar-refractivity contribution in [1.82, 2.24) is 0 Å². The molecular formula is C14H14N4O. The van der Waals surface area contributed by atoms with Gasteiger partial charge in [-0.2, -0.15) is 10.5 Å². The zero-order valence-electron chi connectivity index (χ0n) is 10.5. The molecule has 0 spiro atoms. The smallest absolute Gasteiger partial charge is 0.236 e. The second-order valence-electron chi connectivity index (χ2n) is 4.74. The second kappa shape index (κ2) is 5.41. The first-order chi connectivity index (χ1) is 9.13. The summed E-state index contributed by atoms with van der Waals surface area (Å²) in [5.41, 5.74) is 6.69. The predicted octanol–water partition coefficient (Wildman–Crippen LogP) is 1.13. The van der Waals surface area contributed by atoms with Gasteiger partial charge in [0.1, 0.15) is 12.1 Å². The number of rotatable bonds is 5. The fourth-order valence-corrected chi connectivity index (χ4v) is 1.98. The van der Waals surface area contributed by atoms with Gasteiger partial charge < -0.3 is 10.6 Å². The summed E-state index contributed by atoms with van der Waals surface area (Å²) in [6.45, 7) is 0.896. The Morgan fingerprint density at radius 2 is 2.00 bits per heavy atom. The fourth-order valence-electron chi connectivity index (χ4n) is 1.98. The van der Waals surface area contributed by atoms with E-state index in [0.29, 0.717) is 17.0 Å². The van der Waals surface area contributed by atoms with Crippen LogP contribution in [0.25, 0.3) is 0 Å². The lowest BCUT2D eigenvalue weighted by Gasteiger charge is -2.23. The van der Waals surface area contributed by atoms with E-state index in [-0.39, 0.29) is 6.54 Å². The van der Waals surface area contributed by atoms with Crippen LogP contribution >= 0.6 is 0 Å². The molecule has 1 saturated carbocycles. The van der Waals surface area contributed by atoms with Crippen LogP contribution in [-0.4, -0.2) is 19.0 Å². The standard InChI is InChI=1S/C14H14N4O/c15-6-11-3-4-13(5-12(11)7-16)18(9-14(17)19)8-10-1-2-10/h3-5,10H,1-2,8-9H2,(H2,17,19). The summed E-state index contributed by atoms with van der Waals surface area (Å²) in [5, 5.41) is 17.9. The Bertz CT molecular complexity index is 578. The lowest BCUT2D eigenvalue weighted by Crippen LogP contribution is -2.35. The first kappa shape index (κ1) is 12.9. The van der Waals surface area contributed by atoms with E-state index in [1.165, 1.54) is 0 Å². The summed E-state index contributed by atoms with van der Waals surface area (Å²) >= 11 is 0. The van der Waals surface area contributed by atoms with Crippen molar-refractivity contribution < 1.29 is 4.79 Å². The Labute approximate surface area is 111 Å². The highest BCUT2D eigenvalue weighted by atomic mass is 16.1. The third kappa shape index (κ3) is 3.23. The van der Waals surface area contributed by atoms with Crippen LogP contribution < -0.4 is 10.6 Å². The number of hydrogen-bond acceptors (Lipinski definition) is 4. The Balaban J connectivity index is 2.27. The number of carbonyl (C=O) groups is 1. The van der Waals surface area contributed by atoms with Crippen LogP contribution in [0.4, 0.5) is 5.69 Å². The van der Waals surface area contributed by atoms with Gasteiger partial charge in [-0.3, -0.25) is 4.79 Å². The molecule has 96 valence electrons. The van der Waals surface area contributed by atoms with Crippen LogP contribution in [0, 0.1) is 28.6 Å². The molecule has 5 heteroatoms. The summed E-state index contributed by atoms with van der Waals surface area (Å²) in [6.07, 6.45) is 2.33. The molecular weight excluding hydrogens is 240 g/mol. The molecule has 0 radical (unpaired) electrons. The molecule has 1 aliphatic rings. The van der Waals surface area contributed by atoms with Gasteiger partial charge in [-0.1, -0.05) is 0 Å². The number of primary amides is 1. The molecule has 0 aromatic heterocycles. The first-order valence-corrected chi connectivity index (χ1v) is 6.11. The van der Waals surface area contributed by atoms with E-state index in [2.05, 4.69) is 0 Å². The molecule has 0 saturated heterocycles. The van der Waals surface area contributed by atoms with Crippen molar-refractivity contribution in [3.8, 4) is 12.1 Å². The Morgan fingerprint density at radius 3 is 2.53 bits per heavy atom. The van der Waals surface area contributed by atoms with Crippen LogP contribution in [0.5, 0.6) is 0 Å². The minimum Gasteiger partial charge on any atom is -0.368 e. The minimum atomic E-state index is -0.400. The molecule has 0 heterocycles. The lowest BCUT2D eigenvalue weighted by atomic mass is 10.1. The van der Waals surface area contributed by atoms with Crippen molar-refractivity contribution in [1.29, 1.82) is 10.5 Å². The highest BCUT2D eigenvalue weighted by Gasteiger charge is 2.25.